The van der Waals surface area contributed by atoms with E-state index in [4.69, 9.17) is 32.5 Å². The lowest BCUT2D eigenvalue weighted by Crippen LogP contribution is -2.60. The lowest BCUT2D eigenvalue weighted by atomic mass is 9.99. The van der Waals surface area contributed by atoms with Gasteiger partial charge in [-0.2, -0.15) is 0 Å². The molecule has 1 aromatic heterocycles. The molecular formula is C42H58ClN8O7+. The van der Waals surface area contributed by atoms with Gasteiger partial charge in [-0.1, -0.05) is 35.9 Å². The molecular weight excluding hydrogens is 764 g/mol. The monoisotopic (exact) mass is 821 g/mol. The zero-order valence-corrected chi connectivity index (χ0v) is 34.0. The Bertz CT molecular complexity index is 1750. The molecule has 0 bridgehead atoms. The molecule has 15 nitrogen and oxygen atoms in total. The van der Waals surface area contributed by atoms with E-state index < -0.39 is 5.91 Å². The highest BCUT2D eigenvalue weighted by Crippen LogP contribution is 2.25. The molecule has 0 spiro atoms. The second-order valence-corrected chi connectivity index (χ2v) is 16.3. The number of ether oxygens (including phenoxy) is 2. The Kier molecular flexibility index (Phi) is 15.0. The molecule has 7 N–H and O–H groups in total. The molecule has 1 atom stereocenters. The molecule has 0 saturated carbocycles. The van der Waals surface area contributed by atoms with E-state index in [2.05, 4.69) is 15.3 Å². The van der Waals surface area contributed by atoms with Crippen molar-refractivity contribution in [2.75, 3.05) is 77.0 Å². The fraction of sp³-hybridized carbons (Fsp3) is 0.548. The van der Waals surface area contributed by atoms with Gasteiger partial charge in [-0.25, -0.2) is 9.97 Å². The summed E-state index contributed by atoms with van der Waals surface area (Å²) >= 11 is 6.08. The smallest absolute Gasteiger partial charge is 0.274 e. The third kappa shape index (κ3) is 12.2. The number of nitrogens with two attached hydrogens (primary N) is 2. The van der Waals surface area contributed by atoms with Gasteiger partial charge in [-0.3, -0.25) is 14.4 Å². The molecule has 314 valence electrons. The van der Waals surface area contributed by atoms with Crippen molar-refractivity contribution >= 4 is 41.0 Å². The van der Waals surface area contributed by atoms with Crippen LogP contribution in [0.3, 0.4) is 0 Å². The summed E-state index contributed by atoms with van der Waals surface area (Å²) in [6.45, 7) is 5.77. The SMILES string of the molecule is Nc1nc(N)c(C(=O)NC2CCC[N+](CCCc3ccc(OCC(=O)N4CCC(O)CC4)cc3)(CCCc3ccc(OCC(=O)N4CCC(O)CC4)cc3)C2)nc1Cl. The summed E-state index contributed by atoms with van der Waals surface area (Å²) in [6.07, 6.45) is 7.11. The summed E-state index contributed by atoms with van der Waals surface area (Å²) in [6, 6.07) is 15.7. The van der Waals surface area contributed by atoms with Gasteiger partial charge in [0.2, 0.25) is 0 Å². The first-order valence-corrected chi connectivity index (χ1v) is 20.9. The number of amides is 3. The van der Waals surface area contributed by atoms with Gasteiger partial charge in [0.05, 0.1) is 44.4 Å². The average Bonchev–Trinajstić information content (AvgIpc) is 3.22. The molecule has 6 rings (SSSR count). The number of nitrogen functional groups attached to an aromatic ring is 2. The number of quaternary nitrogens is 1. The molecule has 3 aliphatic rings. The Balaban J connectivity index is 1.03. The highest BCUT2D eigenvalue weighted by atomic mass is 35.5. The molecule has 3 fully saturated rings. The van der Waals surface area contributed by atoms with Crippen molar-refractivity contribution in [2.45, 2.75) is 82.5 Å². The topological polar surface area (TPSA) is 206 Å². The van der Waals surface area contributed by atoms with Gasteiger partial charge in [0.15, 0.2) is 35.7 Å². The van der Waals surface area contributed by atoms with Crippen LogP contribution in [0.4, 0.5) is 11.6 Å². The number of aromatic nitrogens is 2. The second kappa shape index (κ2) is 20.3. The molecule has 3 aliphatic heterocycles. The lowest BCUT2D eigenvalue weighted by molar-refractivity contribution is -0.933. The quantitative estimate of drug-likeness (QED) is 0.133. The van der Waals surface area contributed by atoms with E-state index in [9.17, 15) is 24.6 Å². The number of aliphatic hydroxyl groups excluding tert-OH is 2. The number of aryl methyl sites for hydroxylation is 2. The number of benzene rings is 2. The van der Waals surface area contributed by atoms with Crippen LogP contribution >= 0.6 is 11.6 Å². The van der Waals surface area contributed by atoms with Crippen LogP contribution in [0.5, 0.6) is 11.5 Å². The normalized spacial score (nSPS) is 18.8. The van der Waals surface area contributed by atoms with Gasteiger partial charge in [0, 0.05) is 39.0 Å². The first-order valence-electron chi connectivity index (χ1n) is 20.5. The second-order valence-electron chi connectivity index (χ2n) is 15.9. The number of hydrogen-bond donors (Lipinski definition) is 5. The van der Waals surface area contributed by atoms with E-state index in [-0.39, 0.29) is 65.8 Å². The average molecular weight is 822 g/mol. The molecule has 0 radical (unpaired) electrons. The number of likely N-dealkylation sites (tertiary alicyclic amines) is 3. The first kappa shape index (κ1) is 42.9. The van der Waals surface area contributed by atoms with Crippen LogP contribution < -0.4 is 26.3 Å². The number of hydrogen-bond acceptors (Lipinski definition) is 11. The largest absolute Gasteiger partial charge is 0.484 e. The van der Waals surface area contributed by atoms with Gasteiger partial charge < -0.3 is 50.8 Å². The molecule has 2 aromatic carbocycles. The summed E-state index contributed by atoms with van der Waals surface area (Å²) < 4.78 is 12.4. The minimum Gasteiger partial charge on any atom is -0.484 e. The van der Waals surface area contributed by atoms with E-state index in [1.54, 1.807) is 9.80 Å². The summed E-state index contributed by atoms with van der Waals surface area (Å²) in [7, 11) is 0. The third-order valence-electron chi connectivity index (χ3n) is 11.6. The summed E-state index contributed by atoms with van der Waals surface area (Å²) in [5.74, 6) is 0.644. The maximum Gasteiger partial charge on any atom is 0.274 e. The zero-order valence-electron chi connectivity index (χ0n) is 33.2. The van der Waals surface area contributed by atoms with Crippen LogP contribution in [0.15, 0.2) is 48.5 Å². The van der Waals surface area contributed by atoms with Crippen LogP contribution in [-0.4, -0.2) is 136 Å². The highest BCUT2D eigenvalue weighted by Gasteiger charge is 2.36. The van der Waals surface area contributed by atoms with E-state index in [0.29, 0.717) is 63.4 Å². The van der Waals surface area contributed by atoms with Crippen LogP contribution in [0.1, 0.15) is 73.0 Å². The molecule has 1 unspecified atom stereocenters. The van der Waals surface area contributed by atoms with Crippen molar-refractivity contribution in [3.63, 3.8) is 0 Å². The summed E-state index contributed by atoms with van der Waals surface area (Å²) in [5, 5.41) is 22.5. The number of halogens is 1. The number of nitrogens with one attached hydrogen (secondary N) is 1. The third-order valence-corrected chi connectivity index (χ3v) is 11.9. The van der Waals surface area contributed by atoms with Crippen molar-refractivity contribution in [3.8, 4) is 11.5 Å². The van der Waals surface area contributed by atoms with Gasteiger partial charge in [0.1, 0.15) is 11.5 Å². The van der Waals surface area contributed by atoms with Crippen molar-refractivity contribution in [2.24, 2.45) is 0 Å². The minimum absolute atomic E-state index is 0.0243. The summed E-state index contributed by atoms with van der Waals surface area (Å²) in [4.78, 5) is 50.1. The van der Waals surface area contributed by atoms with Crippen molar-refractivity contribution in [1.82, 2.24) is 25.1 Å². The van der Waals surface area contributed by atoms with E-state index in [1.807, 2.05) is 48.5 Å². The predicted octanol–water partition coefficient (Wildman–Crippen LogP) is 2.99. The van der Waals surface area contributed by atoms with Crippen molar-refractivity contribution in [1.29, 1.82) is 0 Å². The van der Waals surface area contributed by atoms with Crippen molar-refractivity contribution < 1.29 is 38.6 Å². The van der Waals surface area contributed by atoms with Crippen molar-refractivity contribution in [3.05, 3.63) is 70.5 Å². The number of aliphatic hydroxyl groups is 2. The molecule has 3 aromatic rings. The van der Waals surface area contributed by atoms with E-state index in [0.717, 1.165) is 69.2 Å². The van der Waals surface area contributed by atoms with E-state index in [1.165, 1.54) is 11.1 Å². The Morgan fingerprint density at radius 3 is 1.71 bits per heavy atom. The first-order chi connectivity index (χ1) is 27.9. The number of carbonyl (C=O) groups is 3. The number of rotatable bonds is 16. The Labute approximate surface area is 345 Å². The Hall–Kier alpha value is -4.70. The molecule has 16 heteroatoms. The predicted molar refractivity (Wildman–Crippen MR) is 220 cm³/mol. The molecule has 3 saturated heterocycles. The lowest BCUT2D eigenvalue weighted by Gasteiger charge is -2.45. The number of anilines is 2. The highest BCUT2D eigenvalue weighted by molar-refractivity contribution is 6.31. The maximum atomic E-state index is 13.3. The minimum atomic E-state index is -0.422. The number of carbonyl (C=O) groups excluding carboxylic acids is 3. The van der Waals surface area contributed by atoms with Crippen LogP contribution in [0, 0.1) is 0 Å². The fourth-order valence-electron chi connectivity index (χ4n) is 8.27. The zero-order chi connectivity index (χ0) is 41.1. The number of nitrogens with zero attached hydrogens (tertiary/aromatic N) is 5. The maximum absolute atomic E-state index is 13.3. The van der Waals surface area contributed by atoms with Gasteiger partial charge in [0.25, 0.3) is 17.7 Å². The Morgan fingerprint density at radius 2 is 1.22 bits per heavy atom. The van der Waals surface area contributed by atoms with Gasteiger partial charge >= 0.3 is 0 Å². The van der Waals surface area contributed by atoms with Crippen LogP contribution in [0.25, 0.3) is 0 Å². The molecule has 4 heterocycles. The van der Waals surface area contributed by atoms with Gasteiger partial charge in [-0.05, 0) is 86.8 Å². The molecule has 3 amide bonds. The fourth-order valence-corrected chi connectivity index (χ4v) is 8.39. The standard InChI is InChI=1S/C42H57ClN8O7/c43-39-41(45)48-40(44)38(47-39)42(56)46-31-6-3-25-51(26-31,23-1-4-29-7-11-34(12-8-29)57-27-36(54)49-19-15-32(52)16-20-49)24-2-5-30-9-13-35(14-10-30)58-28-37(55)50-21-17-33(53)18-22-50/h7-14,31-33,52-53H,1-6,15-28H2,(H4-,44,45,46,48,56)/p+1. The Morgan fingerprint density at radius 1 is 0.741 bits per heavy atom. The van der Waals surface area contributed by atoms with Gasteiger partial charge in [-0.15, -0.1) is 0 Å². The van der Waals surface area contributed by atoms with Crippen LogP contribution in [-0.2, 0) is 22.4 Å². The molecule has 58 heavy (non-hydrogen) atoms. The number of piperidine rings is 3. The summed E-state index contributed by atoms with van der Waals surface area (Å²) in [5.41, 5.74) is 14.1. The molecule has 0 aliphatic carbocycles. The van der Waals surface area contributed by atoms with E-state index >= 15 is 0 Å². The van der Waals surface area contributed by atoms with Crippen LogP contribution in [0.2, 0.25) is 5.15 Å².